The molecule has 0 radical (unpaired) electrons. The van der Waals surface area contributed by atoms with E-state index in [4.69, 9.17) is 17.3 Å². The van der Waals surface area contributed by atoms with Crippen LogP contribution in [0.4, 0.5) is 5.82 Å². The van der Waals surface area contributed by atoms with E-state index in [9.17, 15) is 8.42 Å². The van der Waals surface area contributed by atoms with Crippen molar-refractivity contribution >= 4 is 27.4 Å². The standard InChI is InChI=1S/C10H14ClN3O2S/c1-6-2-7(6)4-14-17(15,16)8-3-9(11)10(12)13-5-8/h3,5-7,14H,2,4H2,1H3,(H2,12,13). The Kier molecular flexibility index (Phi) is 3.29. The molecular formula is C10H14ClN3O2S. The summed E-state index contributed by atoms with van der Waals surface area (Å²) in [5.74, 6) is 1.18. The van der Waals surface area contributed by atoms with Gasteiger partial charge in [0.15, 0.2) is 0 Å². The van der Waals surface area contributed by atoms with Crippen LogP contribution in [-0.2, 0) is 10.0 Å². The number of hydrogen-bond donors (Lipinski definition) is 2. The van der Waals surface area contributed by atoms with Crippen molar-refractivity contribution in [3.8, 4) is 0 Å². The van der Waals surface area contributed by atoms with Crippen molar-refractivity contribution in [2.45, 2.75) is 18.2 Å². The molecule has 3 N–H and O–H groups in total. The number of aromatic nitrogens is 1. The van der Waals surface area contributed by atoms with Crippen LogP contribution in [0.25, 0.3) is 0 Å². The summed E-state index contributed by atoms with van der Waals surface area (Å²) in [5.41, 5.74) is 5.42. The van der Waals surface area contributed by atoms with E-state index in [1.807, 2.05) is 0 Å². The molecule has 5 nitrogen and oxygen atoms in total. The second kappa shape index (κ2) is 4.44. The Morgan fingerprint density at radius 3 is 2.82 bits per heavy atom. The van der Waals surface area contributed by atoms with Crippen LogP contribution in [0.5, 0.6) is 0 Å². The number of nitrogens with zero attached hydrogens (tertiary/aromatic N) is 1. The van der Waals surface area contributed by atoms with E-state index >= 15 is 0 Å². The van der Waals surface area contributed by atoms with E-state index < -0.39 is 10.0 Å². The summed E-state index contributed by atoms with van der Waals surface area (Å²) < 4.78 is 26.3. The molecule has 0 amide bonds. The monoisotopic (exact) mass is 275 g/mol. The van der Waals surface area contributed by atoms with Crippen LogP contribution in [0.15, 0.2) is 17.2 Å². The zero-order valence-corrected chi connectivity index (χ0v) is 10.9. The summed E-state index contributed by atoms with van der Waals surface area (Å²) in [4.78, 5) is 3.78. The lowest BCUT2D eigenvalue weighted by atomic mass is 10.3. The first-order valence-corrected chi connectivity index (χ1v) is 7.17. The summed E-state index contributed by atoms with van der Waals surface area (Å²) in [6.45, 7) is 2.56. The third-order valence-electron chi connectivity index (χ3n) is 2.97. The molecule has 7 heteroatoms. The van der Waals surface area contributed by atoms with Crippen LogP contribution in [0, 0.1) is 11.8 Å². The molecule has 1 fully saturated rings. The zero-order chi connectivity index (χ0) is 12.6. The van der Waals surface area contributed by atoms with Crippen molar-refractivity contribution in [3.63, 3.8) is 0 Å². The highest BCUT2D eigenvalue weighted by atomic mass is 35.5. The average Bonchev–Trinajstić information content (AvgIpc) is 2.96. The number of halogens is 1. The third kappa shape index (κ3) is 2.88. The van der Waals surface area contributed by atoms with Crippen molar-refractivity contribution in [1.29, 1.82) is 0 Å². The fraction of sp³-hybridized carbons (Fsp3) is 0.500. The molecule has 1 saturated carbocycles. The van der Waals surface area contributed by atoms with Gasteiger partial charge in [0, 0.05) is 12.7 Å². The first kappa shape index (κ1) is 12.6. The lowest BCUT2D eigenvalue weighted by molar-refractivity contribution is 0.574. The van der Waals surface area contributed by atoms with Gasteiger partial charge in [-0.1, -0.05) is 18.5 Å². The molecule has 17 heavy (non-hydrogen) atoms. The molecule has 1 heterocycles. The molecule has 0 spiro atoms. The molecule has 2 atom stereocenters. The van der Waals surface area contributed by atoms with E-state index in [1.165, 1.54) is 12.3 Å². The molecule has 94 valence electrons. The molecule has 1 aromatic heterocycles. The Morgan fingerprint density at radius 1 is 1.65 bits per heavy atom. The molecule has 1 aromatic rings. The summed E-state index contributed by atoms with van der Waals surface area (Å²) in [6, 6.07) is 1.31. The van der Waals surface area contributed by atoms with Crippen LogP contribution < -0.4 is 10.5 Å². The zero-order valence-electron chi connectivity index (χ0n) is 9.35. The summed E-state index contributed by atoms with van der Waals surface area (Å²) >= 11 is 5.74. The first-order chi connectivity index (χ1) is 7.90. The van der Waals surface area contributed by atoms with Crippen molar-refractivity contribution in [3.05, 3.63) is 17.3 Å². The number of pyridine rings is 1. The molecule has 1 aliphatic carbocycles. The van der Waals surface area contributed by atoms with E-state index in [-0.39, 0.29) is 15.7 Å². The molecular weight excluding hydrogens is 262 g/mol. The van der Waals surface area contributed by atoms with Crippen LogP contribution in [0.1, 0.15) is 13.3 Å². The van der Waals surface area contributed by atoms with Crippen molar-refractivity contribution in [1.82, 2.24) is 9.71 Å². The second-order valence-corrected chi connectivity index (χ2v) is 6.54. The minimum absolute atomic E-state index is 0.0463. The number of nitrogens with two attached hydrogens (primary N) is 1. The minimum atomic E-state index is -3.53. The number of nitrogens with one attached hydrogen (secondary N) is 1. The number of anilines is 1. The van der Waals surface area contributed by atoms with E-state index in [2.05, 4.69) is 16.6 Å². The van der Waals surface area contributed by atoms with E-state index in [1.54, 1.807) is 0 Å². The van der Waals surface area contributed by atoms with E-state index in [0.29, 0.717) is 18.4 Å². The third-order valence-corrected chi connectivity index (χ3v) is 4.66. The van der Waals surface area contributed by atoms with Crippen molar-refractivity contribution in [2.75, 3.05) is 12.3 Å². The Labute approximate surface area is 105 Å². The number of hydrogen-bond acceptors (Lipinski definition) is 4. The summed E-state index contributed by atoms with van der Waals surface area (Å²) in [7, 11) is -3.53. The van der Waals surface area contributed by atoms with Gasteiger partial charge in [-0.2, -0.15) is 0 Å². The lowest BCUT2D eigenvalue weighted by Crippen LogP contribution is -2.26. The Balaban J connectivity index is 2.10. The number of sulfonamides is 1. The van der Waals surface area contributed by atoms with Crippen LogP contribution >= 0.6 is 11.6 Å². The van der Waals surface area contributed by atoms with Gasteiger partial charge in [-0.3, -0.25) is 0 Å². The van der Waals surface area contributed by atoms with Gasteiger partial charge >= 0.3 is 0 Å². The van der Waals surface area contributed by atoms with Gasteiger partial charge in [0.2, 0.25) is 10.0 Å². The molecule has 1 aliphatic rings. The van der Waals surface area contributed by atoms with Crippen molar-refractivity contribution in [2.24, 2.45) is 11.8 Å². The minimum Gasteiger partial charge on any atom is -0.382 e. The largest absolute Gasteiger partial charge is 0.382 e. The number of nitrogen functional groups attached to an aromatic ring is 1. The van der Waals surface area contributed by atoms with Gasteiger partial charge < -0.3 is 5.73 Å². The van der Waals surface area contributed by atoms with Gasteiger partial charge in [0.25, 0.3) is 0 Å². The lowest BCUT2D eigenvalue weighted by Gasteiger charge is -2.06. The maximum Gasteiger partial charge on any atom is 0.242 e. The fourth-order valence-electron chi connectivity index (χ4n) is 1.56. The maximum atomic E-state index is 11.9. The quantitative estimate of drug-likeness (QED) is 0.866. The van der Waals surface area contributed by atoms with Crippen molar-refractivity contribution < 1.29 is 8.42 Å². The van der Waals surface area contributed by atoms with Gasteiger partial charge in [0.1, 0.15) is 10.7 Å². The molecule has 2 unspecified atom stereocenters. The predicted octanol–water partition coefficient (Wildman–Crippen LogP) is 1.25. The fourth-order valence-corrected chi connectivity index (χ4v) is 2.86. The highest BCUT2D eigenvalue weighted by Crippen LogP contribution is 2.37. The van der Waals surface area contributed by atoms with Gasteiger partial charge in [-0.25, -0.2) is 18.1 Å². The first-order valence-electron chi connectivity index (χ1n) is 5.31. The molecule has 0 saturated heterocycles. The molecule has 0 bridgehead atoms. The SMILES string of the molecule is CC1CC1CNS(=O)(=O)c1cnc(N)c(Cl)c1. The van der Waals surface area contributed by atoms with Gasteiger partial charge in [-0.05, 0) is 24.3 Å². The van der Waals surface area contributed by atoms with Gasteiger partial charge in [-0.15, -0.1) is 0 Å². The highest BCUT2D eigenvalue weighted by molar-refractivity contribution is 7.89. The Hall–Kier alpha value is -0.850. The normalized spacial score (nSPS) is 23.6. The summed E-state index contributed by atoms with van der Waals surface area (Å²) in [5, 5.41) is 0.146. The molecule has 2 rings (SSSR count). The Bertz CT molecular complexity index is 532. The smallest absolute Gasteiger partial charge is 0.242 e. The summed E-state index contributed by atoms with van der Waals surface area (Å²) in [6.07, 6.45) is 2.28. The maximum absolute atomic E-state index is 11.9. The predicted molar refractivity (Wildman–Crippen MR) is 66.1 cm³/mol. The van der Waals surface area contributed by atoms with Crippen LogP contribution in [-0.4, -0.2) is 19.9 Å². The van der Waals surface area contributed by atoms with Crippen LogP contribution in [0.2, 0.25) is 5.02 Å². The average molecular weight is 276 g/mol. The van der Waals surface area contributed by atoms with Gasteiger partial charge in [0.05, 0.1) is 5.02 Å². The van der Waals surface area contributed by atoms with Crippen LogP contribution in [0.3, 0.4) is 0 Å². The Morgan fingerprint density at radius 2 is 2.29 bits per heavy atom. The number of rotatable bonds is 4. The highest BCUT2D eigenvalue weighted by Gasteiger charge is 2.33. The molecule has 0 aromatic carbocycles. The molecule has 0 aliphatic heterocycles. The van der Waals surface area contributed by atoms with E-state index in [0.717, 1.165) is 6.42 Å². The second-order valence-electron chi connectivity index (χ2n) is 4.36. The topological polar surface area (TPSA) is 85.1 Å².